The summed E-state index contributed by atoms with van der Waals surface area (Å²) in [5.74, 6) is 0. The van der Waals surface area contributed by atoms with Gasteiger partial charge in [0.2, 0.25) is 0 Å². The molecule has 3 heteroatoms. The van der Waals surface area contributed by atoms with Crippen molar-refractivity contribution in [1.29, 1.82) is 0 Å². The second-order valence-corrected chi connectivity index (χ2v) is 5.47. The van der Waals surface area contributed by atoms with E-state index >= 15 is 0 Å². The fourth-order valence-corrected chi connectivity index (χ4v) is 2.75. The third-order valence-electron chi connectivity index (χ3n) is 3.91. The fourth-order valence-electron chi connectivity index (χ4n) is 2.75. The third-order valence-corrected chi connectivity index (χ3v) is 3.91. The van der Waals surface area contributed by atoms with E-state index in [4.69, 9.17) is 5.11 Å². The molecule has 0 aromatic carbocycles. The Morgan fingerprint density at radius 3 is 2.50 bits per heavy atom. The van der Waals surface area contributed by atoms with Gasteiger partial charge in [0.05, 0.1) is 0 Å². The van der Waals surface area contributed by atoms with Crippen LogP contribution in [-0.2, 0) is 0 Å². The Bertz CT molecular complexity index is 198. The highest BCUT2D eigenvalue weighted by molar-refractivity contribution is 4.89. The zero-order valence-corrected chi connectivity index (χ0v) is 10.5. The lowest BCUT2D eigenvalue weighted by Gasteiger charge is -2.34. The smallest absolute Gasteiger partial charge is 0.0431 e. The molecular formula is C13H26N2O. The van der Waals surface area contributed by atoms with Gasteiger partial charge in [-0.05, 0) is 58.5 Å². The Balaban J connectivity index is 1.60. The molecule has 1 unspecified atom stereocenters. The minimum absolute atomic E-state index is 0.326. The molecule has 0 amide bonds. The highest BCUT2D eigenvalue weighted by Gasteiger charge is 2.31. The third kappa shape index (κ3) is 3.72. The second-order valence-electron chi connectivity index (χ2n) is 5.47. The molecule has 2 aliphatic rings. The summed E-state index contributed by atoms with van der Waals surface area (Å²) in [7, 11) is 0. The van der Waals surface area contributed by atoms with E-state index < -0.39 is 0 Å². The Morgan fingerprint density at radius 1 is 1.25 bits per heavy atom. The number of aliphatic hydroxyl groups excluding tert-OH is 1. The summed E-state index contributed by atoms with van der Waals surface area (Å²) in [6, 6.07) is 2.21. The Hall–Kier alpha value is -0.120. The fraction of sp³-hybridized carbons (Fsp3) is 1.00. The van der Waals surface area contributed by atoms with Crippen molar-refractivity contribution < 1.29 is 5.11 Å². The Morgan fingerprint density at radius 2 is 1.94 bits per heavy atom. The van der Waals surface area contributed by atoms with E-state index in [1.165, 1.54) is 38.8 Å². The first-order chi connectivity index (χ1) is 7.79. The maximum absolute atomic E-state index is 8.79. The predicted octanol–water partition coefficient (Wildman–Crippen LogP) is 1.36. The van der Waals surface area contributed by atoms with Gasteiger partial charge in [-0.15, -0.1) is 0 Å². The van der Waals surface area contributed by atoms with Gasteiger partial charge in [-0.3, -0.25) is 0 Å². The molecule has 1 aliphatic carbocycles. The summed E-state index contributed by atoms with van der Waals surface area (Å²) in [5, 5.41) is 12.5. The SMILES string of the molecule is CC(CCCO)NC1CCN(C2CC2)CC1. The first-order valence-electron chi connectivity index (χ1n) is 6.90. The van der Waals surface area contributed by atoms with Gasteiger partial charge in [0, 0.05) is 24.7 Å². The van der Waals surface area contributed by atoms with Crippen LogP contribution in [0.15, 0.2) is 0 Å². The van der Waals surface area contributed by atoms with Crippen molar-refractivity contribution in [1.82, 2.24) is 10.2 Å². The molecule has 2 rings (SSSR count). The molecule has 1 heterocycles. The molecule has 0 aromatic rings. The van der Waals surface area contributed by atoms with Crippen molar-refractivity contribution in [2.24, 2.45) is 0 Å². The molecule has 3 nitrogen and oxygen atoms in total. The van der Waals surface area contributed by atoms with Gasteiger partial charge in [0.1, 0.15) is 0 Å². The molecule has 1 saturated heterocycles. The molecule has 0 spiro atoms. The average Bonchev–Trinajstić information content (AvgIpc) is 3.11. The number of hydrogen-bond donors (Lipinski definition) is 2. The van der Waals surface area contributed by atoms with Crippen LogP contribution in [0.2, 0.25) is 0 Å². The van der Waals surface area contributed by atoms with E-state index in [0.29, 0.717) is 18.7 Å². The average molecular weight is 226 g/mol. The van der Waals surface area contributed by atoms with Crippen LogP contribution >= 0.6 is 0 Å². The van der Waals surface area contributed by atoms with Gasteiger partial charge in [-0.2, -0.15) is 0 Å². The molecular weight excluding hydrogens is 200 g/mol. The molecule has 2 fully saturated rings. The number of nitrogens with zero attached hydrogens (tertiary/aromatic N) is 1. The monoisotopic (exact) mass is 226 g/mol. The van der Waals surface area contributed by atoms with E-state index in [1.54, 1.807) is 0 Å². The van der Waals surface area contributed by atoms with Crippen molar-refractivity contribution in [2.45, 2.75) is 63.6 Å². The summed E-state index contributed by atoms with van der Waals surface area (Å²) >= 11 is 0. The largest absolute Gasteiger partial charge is 0.396 e. The van der Waals surface area contributed by atoms with Crippen LogP contribution in [0.4, 0.5) is 0 Å². The molecule has 16 heavy (non-hydrogen) atoms. The van der Waals surface area contributed by atoms with Gasteiger partial charge in [0.15, 0.2) is 0 Å². The van der Waals surface area contributed by atoms with Gasteiger partial charge in [0.25, 0.3) is 0 Å². The standard InChI is InChI=1S/C13H26N2O/c1-11(3-2-10-16)14-12-6-8-15(9-7-12)13-4-5-13/h11-14,16H,2-10H2,1H3. The van der Waals surface area contributed by atoms with Crippen LogP contribution in [-0.4, -0.2) is 47.8 Å². The van der Waals surface area contributed by atoms with Crippen molar-refractivity contribution in [3.8, 4) is 0 Å². The Kier molecular flexibility index (Phi) is 4.62. The predicted molar refractivity (Wildman–Crippen MR) is 66.5 cm³/mol. The van der Waals surface area contributed by atoms with E-state index in [-0.39, 0.29) is 0 Å². The molecule has 0 bridgehead atoms. The quantitative estimate of drug-likeness (QED) is 0.718. The number of aliphatic hydroxyl groups is 1. The molecule has 1 saturated carbocycles. The van der Waals surface area contributed by atoms with Crippen molar-refractivity contribution >= 4 is 0 Å². The first kappa shape index (κ1) is 12.3. The number of likely N-dealkylation sites (tertiary alicyclic amines) is 1. The van der Waals surface area contributed by atoms with E-state index in [2.05, 4.69) is 17.1 Å². The van der Waals surface area contributed by atoms with Crippen LogP contribution in [0.1, 0.15) is 45.4 Å². The molecule has 0 radical (unpaired) electrons. The van der Waals surface area contributed by atoms with Crippen molar-refractivity contribution in [3.63, 3.8) is 0 Å². The maximum Gasteiger partial charge on any atom is 0.0431 e. The molecule has 1 aliphatic heterocycles. The second kappa shape index (κ2) is 5.99. The minimum atomic E-state index is 0.326. The lowest BCUT2D eigenvalue weighted by molar-refractivity contribution is 0.181. The van der Waals surface area contributed by atoms with Crippen molar-refractivity contribution in [3.05, 3.63) is 0 Å². The lowest BCUT2D eigenvalue weighted by atomic mass is 10.0. The molecule has 94 valence electrons. The lowest BCUT2D eigenvalue weighted by Crippen LogP contribution is -2.46. The van der Waals surface area contributed by atoms with Crippen LogP contribution in [0, 0.1) is 0 Å². The van der Waals surface area contributed by atoms with Crippen LogP contribution < -0.4 is 5.32 Å². The minimum Gasteiger partial charge on any atom is -0.396 e. The van der Waals surface area contributed by atoms with Gasteiger partial charge in [-0.25, -0.2) is 0 Å². The zero-order valence-electron chi connectivity index (χ0n) is 10.5. The summed E-state index contributed by atoms with van der Waals surface area (Å²) in [5.41, 5.74) is 0. The van der Waals surface area contributed by atoms with Crippen molar-refractivity contribution in [2.75, 3.05) is 19.7 Å². The van der Waals surface area contributed by atoms with Crippen LogP contribution in [0.5, 0.6) is 0 Å². The van der Waals surface area contributed by atoms with Crippen LogP contribution in [0.25, 0.3) is 0 Å². The highest BCUT2D eigenvalue weighted by Crippen LogP contribution is 2.29. The normalized spacial score (nSPS) is 25.9. The highest BCUT2D eigenvalue weighted by atomic mass is 16.2. The van der Waals surface area contributed by atoms with Gasteiger partial charge >= 0.3 is 0 Å². The van der Waals surface area contributed by atoms with E-state index in [0.717, 1.165) is 18.9 Å². The maximum atomic E-state index is 8.79. The summed E-state index contributed by atoms with van der Waals surface area (Å²) in [6.07, 6.45) is 7.50. The molecule has 1 atom stereocenters. The number of piperidine rings is 1. The van der Waals surface area contributed by atoms with E-state index in [1.807, 2.05) is 0 Å². The number of hydrogen-bond acceptors (Lipinski definition) is 3. The molecule has 2 N–H and O–H groups in total. The molecule has 0 aromatic heterocycles. The van der Waals surface area contributed by atoms with Crippen LogP contribution in [0.3, 0.4) is 0 Å². The number of rotatable bonds is 6. The summed E-state index contributed by atoms with van der Waals surface area (Å²) < 4.78 is 0. The number of nitrogens with one attached hydrogen (secondary N) is 1. The first-order valence-corrected chi connectivity index (χ1v) is 6.90. The topological polar surface area (TPSA) is 35.5 Å². The Labute approximate surface area is 99.2 Å². The van der Waals surface area contributed by atoms with E-state index in [9.17, 15) is 0 Å². The zero-order chi connectivity index (χ0) is 11.4. The van der Waals surface area contributed by atoms with Gasteiger partial charge in [-0.1, -0.05) is 0 Å². The summed E-state index contributed by atoms with van der Waals surface area (Å²) in [4.78, 5) is 2.66. The van der Waals surface area contributed by atoms with Gasteiger partial charge < -0.3 is 15.3 Å². The summed E-state index contributed by atoms with van der Waals surface area (Å²) in [6.45, 7) is 5.14.